The second kappa shape index (κ2) is 9.98. The van der Waals surface area contributed by atoms with Crippen molar-refractivity contribution in [2.75, 3.05) is 25.3 Å². The van der Waals surface area contributed by atoms with E-state index in [-0.39, 0.29) is 29.1 Å². The molecule has 14 heteroatoms. The fourth-order valence-electron chi connectivity index (χ4n) is 4.53. The molecule has 5 heterocycles. The van der Waals surface area contributed by atoms with E-state index in [1.54, 1.807) is 30.7 Å². The van der Waals surface area contributed by atoms with Crippen LogP contribution >= 0.6 is 0 Å². The van der Waals surface area contributed by atoms with Crippen LogP contribution in [0.15, 0.2) is 55.2 Å². The van der Waals surface area contributed by atoms with Gasteiger partial charge in [-0.05, 0) is 35.4 Å². The molecule has 1 aromatic carbocycles. The van der Waals surface area contributed by atoms with Crippen molar-refractivity contribution < 1.29 is 17.2 Å². The topological polar surface area (TPSA) is 145 Å². The van der Waals surface area contributed by atoms with Gasteiger partial charge in [0.15, 0.2) is 11.6 Å². The Kier molecular flexibility index (Phi) is 6.43. The molecule has 0 amide bonds. The lowest BCUT2D eigenvalue weighted by atomic mass is 10.0. The van der Waals surface area contributed by atoms with E-state index in [0.717, 1.165) is 11.9 Å². The Labute approximate surface area is 232 Å². The van der Waals surface area contributed by atoms with Crippen LogP contribution in [0.3, 0.4) is 0 Å². The number of nitrogens with zero attached hydrogens (tertiary/aromatic N) is 6. The van der Waals surface area contributed by atoms with Crippen LogP contribution in [0.4, 0.5) is 14.5 Å². The zero-order chi connectivity index (χ0) is 28.9. The Morgan fingerprint density at radius 1 is 0.927 bits per heavy atom. The Morgan fingerprint density at radius 2 is 1.73 bits per heavy atom. The third kappa shape index (κ3) is 5.10. The third-order valence-electron chi connectivity index (χ3n) is 6.48. The number of hydrogen-bond acceptors (Lipinski definition) is 8. The molecular weight excluding hydrogens is 552 g/mol. The summed E-state index contributed by atoms with van der Waals surface area (Å²) in [6.45, 7) is -0.0826. The van der Waals surface area contributed by atoms with Crippen LogP contribution in [0.2, 0.25) is 0 Å². The normalized spacial score (nSPS) is 11.9. The number of imidazole rings is 1. The summed E-state index contributed by atoms with van der Waals surface area (Å²) < 4.78 is 55.9. The van der Waals surface area contributed by atoms with Gasteiger partial charge in [0.05, 0.1) is 52.5 Å². The molecule has 0 fully saturated rings. The molecule has 0 aliphatic rings. The predicted octanol–water partition coefficient (Wildman–Crippen LogP) is 4.02. The average Bonchev–Trinajstić information content (AvgIpc) is 3.56. The fourth-order valence-corrected chi connectivity index (χ4v) is 4.96. The number of H-pyrrole nitrogens is 2. The smallest absolute Gasteiger partial charge is 0.209 e. The van der Waals surface area contributed by atoms with E-state index in [1.165, 1.54) is 24.5 Å². The first kappa shape index (κ1) is 26.4. The van der Waals surface area contributed by atoms with Crippen LogP contribution in [0, 0.1) is 11.6 Å². The van der Waals surface area contributed by atoms with Gasteiger partial charge in [0, 0.05) is 44.2 Å². The zero-order valence-electron chi connectivity index (χ0n) is 22.1. The number of hydrogen-bond donors (Lipinski definition) is 3. The molecule has 3 N–H and O–H groups in total. The van der Waals surface area contributed by atoms with Crippen LogP contribution in [-0.4, -0.2) is 63.9 Å². The Balaban J connectivity index is 1.45. The molecule has 0 radical (unpaired) electrons. The van der Waals surface area contributed by atoms with Crippen LogP contribution in [-0.2, 0) is 16.6 Å². The molecule has 6 rings (SSSR count). The van der Waals surface area contributed by atoms with Gasteiger partial charge in [0.25, 0.3) is 0 Å². The highest BCUT2D eigenvalue weighted by Gasteiger charge is 2.22. The number of pyridine rings is 3. The summed E-state index contributed by atoms with van der Waals surface area (Å²) >= 11 is 0. The maximum absolute atomic E-state index is 16.0. The minimum Gasteiger partial charge on any atom is -0.376 e. The maximum atomic E-state index is 16.0. The molecular formula is C27H23F2N9O2S. The van der Waals surface area contributed by atoms with Crippen molar-refractivity contribution >= 4 is 37.6 Å². The molecule has 5 aromatic heterocycles. The molecule has 11 nitrogen and oxygen atoms in total. The van der Waals surface area contributed by atoms with Gasteiger partial charge in [0.1, 0.15) is 17.2 Å². The first-order chi connectivity index (χ1) is 19.6. The van der Waals surface area contributed by atoms with Crippen LogP contribution in [0.5, 0.6) is 0 Å². The molecule has 0 saturated carbocycles. The lowest BCUT2D eigenvalue weighted by Gasteiger charge is -2.13. The highest BCUT2D eigenvalue weighted by molar-refractivity contribution is 7.88. The van der Waals surface area contributed by atoms with E-state index in [4.69, 9.17) is 0 Å². The molecule has 0 aliphatic heterocycles. The summed E-state index contributed by atoms with van der Waals surface area (Å²) in [5.74, 6) is -0.864. The first-order valence-corrected chi connectivity index (χ1v) is 14.2. The van der Waals surface area contributed by atoms with E-state index < -0.39 is 21.7 Å². The van der Waals surface area contributed by atoms with Crippen molar-refractivity contribution in [2.24, 2.45) is 0 Å². The van der Waals surface area contributed by atoms with Crippen molar-refractivity contribution in [3.8, 4) is 33.9 Å². The first-order valence-electron chi connectivity index (χ1n) is 12.3. The summed E-state index contributed by atoms with van der Waals surface area (Å²) in [6.07, 6.45) is 8.83. The number of aromatic nitrogens is 7. The standard InChI is InChI=1S/C27H23F2N9O2S/c1-38(2)18-7-16(9-30-10-18)24-23(29)22-20(13-32-24)36-37-26(22)27-34-21-12-31-11-19(25(21)35-27)15-4-14(5-17(28)6-15)8-33-41(3,39)40/h4-7,9-13,33H,8H2,1-3H3,(H,34,35)(H,36,37). The average molecular weight is 576 g/mol. The minimum absolute atomic E-state index is 0.0826. The number of aromatic amines is 2. The Bertz CT molecular complexity index is 2060. The largest absolute Gasteiger partial charge is 0.376 e. The fraction of sp³-hybridized carbons (Fsp3) is 0.148. The van der Waals surface area contributed by atoms with Crippen molar-refractivity contribution in [1.82, 2.24) is 39.8 Å². The molecule has 0 aliphatic carbocycles. The Morgan fingerprint density at radius 3 is 2.51 bits per heavy atom. The summed E-state index contributed by atoms with van der Waals surface area (Å²) in [5.41, 5.74) is 4.37. The number of nitrogens with one attached hydrogen (secondary N) is 3. The van der Waals surface area contributed by atoms with Gasteiger partial charge in [-0.1, -0.05) is 0 Å². The molecule has 0 atom stereocenters. The van der Waals surface area contributed by atoms with Gasteiger partial charge in [-0.15, -0.1) is 0 Å². The lowest BCUT2D eigenvalue weighted by Crippen LogP contribution is -2.21. The van der Waals surface area contributed by atoms with Crippen LogP contribution in [0.1, 0.15) is 5.56 Å². The molecule has 208 valence electrons. The van der Waals surface area contributed by atoms with Crippen molar-refractivity contribution in [2.45, 2.75) is 6.54 Å². The van der Waals surface area contributed by atoms with E-state index in [2.05, 4.69) is 39.8 Å². The number of rotatable bonds is 7. The van der Waals surface area contributed by atoms with E-state index in [0.29, 0.717) is 38.8 Å². The van der Waals surface area contributed by atoms with Crippen LogP contribution in [0.25, 0.3) is 55.8 Å². The SMILES string of the molecule is CN(C)c1cncc(-c2ncc3[nH]nc(-c4nc5c(-c6cc(F)cc(CNS(C)(=O)=O)c6)cncc5[nH]4)c3c2F)c1. The quantitative estimate of drug-likeness (QED) is 0.259. The summed E-state index contributed by atoms with van der Waals surface area (Å²) in [6, 6.07) is 6.01. The molecule has 0 unspecified atom stereocenters. The number of fused-ring (bicyclic) bond motifs is 2. The van der Waals surface area contributed by atoms with E-state index in [1.807, 2.05) is 19.0 Å². The van der Waals surface area contributed by atoms with Gasteiger partial charge in [-0.3, -0.25) is 20.1 Å². The van der Waals surface area contributed by atoms with Gasteiger partial charge < -0.3 is 9.88 Å². The Hall–Kier alpha value is -4.82. The molecule has 0 spiro atoms. The number of benzene rings is 1. The predicted molar refractivity (Wildman–Crippen MR) is 151 cm³/mol. The lowest BCUT2D eigenvalue weighted by molar-refractivity contribution is 0.586. The van der Waals surface area contributed by atoms with E-state index in [9.17, 15) is 12.8 Å². The second-order valence-corrected chi connectivity index (χ2v) is 11.6. The van der Waals surface area contributed by atoms with Crippen molar-refractivity contribution in [1.29, 1.82) is 0 Å². The van der Waals surface area contributed by atoms with Gasteiger partial charge in [0.2, 0.25) is 10.0 Å². The van der Waals surface area contributed by atoms with Gasteiger partial charge in [-0.2, -0.15) is 5.10 Å². The zero-order valence-corrected chi connectivity index (χ0v) is 22.9. The highest BCUT2D eigenvalue weighted by Crippen LogP contribution is 2.35. The third-order valence-corrected chi connectivity index (χ3v) is 7.15. The number of sulfonamides is 1. The maximum Gasteiger partial charge on any atom is 0.209 e. The molecule has 6 aromatic rings. The monoisotopic (exact) mass is 575 g/mol. The number of anilines is 1. The highest BCUT2D eigenvalue weighted by atomic mass is 32.2. The summed E-state index contributed by atoms with van der Waals surface area (Å²) in [7, 11) is 0.259. The van der Waals surface area contributed by atoms with Gasteiger partial charge >= 0.3 is 0 Å². The number of halogens is 2. The van der Waals surface area contributed by atoms with Crippen LogP contribution < -0.4 is 9.62 Å². The second-order valence-electron chi connectivity index (χ2n) is 9.72. The summed E-state index contributed by atoms with van der Waals surface area (Å²) in [4.78, 5) is 22.5. The van der Waals surface area contributed by atoms with E-state index >= 15 is 4.39 Å². The molecule has 41 heavy (non-hydrogen) atoms. The molecule has 0 bridgehead atoms. The van der Waals surface area contributed by atoms with Crippen molar-refractivity contribution in [3.05, 3.63) is 72.4 Å². The van der Waals surface area contributed by atoms with Gasteiger partial charge in [-0.25, -0.2) is 26.9 Å². The summed E-state index contributed by atoms with van der Waals surface area (Å²) in [5, 5.41) is 7.32. The van der Waals surface area contributed by atoms with Crippen molar-refractivity contribution in [3.63, 3.8) is 0 Å². The molecule has 0 saturated heterocycles. The minimum atomic E-state index is -3.47.